The Morgan fingerprint density at radius 3 is 2.65 bits per heavy atom. The highest BCUT2D eigenvalue weighted by atomic mass is 79.9. The second-order valence-corrected chi connectivity index (χ2v) is 9.02. The van der Waals surface area contributed by atoms with Crippen molar-refractivity contribution in [2.24, 2.45) is 0 Å². The number of rotatable bonds is 6. The molecule has 1 amide bonds. The Kier molecular flexibility index (Phi) is 5.96. The highest BCUT2D eigenvalue weighted by Crippen LogP contribution is 2.25. The van der Waals surface area contributed by atoms with Gasteiger partial charge in [0.25, 0.3) is 5.91 Å². The van der Waals surface area contributed by atoms with Crippen molar-refractivity contribution < 1.29 is 13.2 Å². The molecule has 1 N–H and O–H groups in total. The molecule has 124 valence electrons. The molecule has 0 saturated carbocycles. The van der Waals surface area contributed by atoms with Crippen LogP contribution in [-0.2, 0) is 16.4 Å². The van der Waals surface area contributed by atoms with E-state index < -0.39 is 10.0 Å². The van der Waals surface area contributed by atoms with Crippen LogP contribution in [0.4, 0.5) is 0 Å². The minimum absolute atomic E-state index is 0.0772. The molecular formula is C15H17BrN2O3S2. The van der Waals surface area contributed by atoms with Crippen LogP contribution in [0.2, 0.25) is 0 Å². The van der Waals surface area contributed by atoms with E-state index in [1.165, 1.54) is 25.0 Å². The number of sulfonamides is 1. The van der Waals surface area contributed by atoms with Crippen LogP contribution in [0.3, 0.4) is 0 Å². The smallest absolute Gasteiger partial charge is 0.251 e. The summed E-state index contributed by atoms with van der Waals surface area (Å²) in [6.07, 6.45) is 0.753. The number of carbonyl (C=O) groups is 1. The Balaban J connectivity index is 2.12. The molecule has 0 aliphatic heterocycles. The average Bonchev–Trinajstić information content (AvgIpc) is 3.00. The minimum Gasteiger partial charge on any atom is -0.352 e. The van der Waals surface area contributed by atoms with Gasteiger partial charge in [0.15, 0.2) is 0 Å². The first kappa shape index (κ1) is 18.1. The zero-order valence-corrected chi connectivity index (χ0v) is 16.0. The molecular weight excluding hydrogens is 400 g/mol. The molecule has 0 fully saturated rings. The summed E-state index contributed by atoms with van der Waals surface area (Å²) in [6.45, 7) is 0.505. The first-order valence-corrected chi connectivity index (χ1v) is 9.96. The van der Waals surface area contributed by atoms with Gasteiger partial charge in [0.1, 0.15) is 0 Å². The third-order valence-electron chi connectivity index (χ3n) is 3.19. The first-order valence-electron chi connectivity index (χ1n) is 6.85. The lowest BCUT2D eigenvalue weighted by Gasteiger charge is -2.14. The molecule has 1 aromatic carbocycles. The fourth-order valence-corrected chi connectivity index (χ4v) is 4.45. The third kappa shape index (κ3) is 4.41. The van der Waals surface area contributed by atoms with Gasteiger partial charge >= 0.3 is 0 Å². The molecule has 5 nitrogen and oxygen atoms in total. The van der Waals surface area contributed by atoms with Gasteiger partial charge < -0.3 is 5.32 Å². The zero-order valence-electron chi connectivity index (χ0n) is 12.7. The molecule has 0 bridgehead atoms. The maximum Gasteiger partial charge on any atom is 0.251 e. The Bertz CT molecular complexity index is 787. The summed E-state index contributed by atoms with van der Waals surface area (Å²) in [7, 11) is -0.704. The predicted molar refractivity (Wildman–Crippen MR) is 95.4 cm³/mol. The molecule has 0 spiro atoms. The SMILES string of the molecule is CN(C)S(=O)(=O)c1cc(C(=O)NCCc2cccs2)ccc1Br. The highest BCUT2D eigenvalue weighted by Gasteiger charge is 2.22. The largest absolute Gasteiger partial charge is 0.352 e. The van der Waals surface area contributed by atoms with E-state index in [4.69, 9.17) is 0 Å². The van der Waals surface area contributed by atoms with E-state index in [0.29, 0.717) is 16.6 Å². The number of nitrogens with one attached hydrogen (secondary N) is 1. The van der Waals surface area contributed by atoms with Gasteiger partial charge in [0.05, 0.1) is 4.90 Å². The fourth-order valence-electron chi connectivity index (χ4n) is 1.90. The molecule has 2 rings (SSSR count). The fraction of sp³-hybridized carbons (Fsp3) is 0.267. The van der Waals surface area contributed by atoms with E-state index in [9.17, 15) is 13.2 Å². The molecule has 0 aliphatic rings. The molecule has 0 radical (unpaired) electrons. The number of halogens is 1. The van der Waals surface area contributed by atoms with Crippen LogP contribution in [0.5, 0.6) is 0 Å². The lowest BCUT2D eigenvalue weighted by molar-refractivity contribution is 0.0954. The van der Waals surface area contributed by atoms with E-state index in [2.05, 4.69) is 21.2 Å². The van der Waals surface area contributed by atoms with Crippen LogP contribution in [0, 0.1) is 0 Å². The van der Waals surface area contributed by atoms with Crippen molar-refractivity contribution in [2.75, 3.05) is 20.6 Å². The van der Waals surface area contributed by atoms with Crippen molar-refractivity contribution in [2.45, 2.75) is 11.3 Å². The molecule has 2 aromatic rings. The second-order valence-electron chi connectivity index (χ2n) is 5.02. The van der Waals surface area contributed by atoms with E-state index in [1.807, 2.05) is 17.5 Å². The minimum atomic E-state index is -3.61. The molecule has 0 atom stereocenters. The first-order chi connectivity index (χ1) is 10.8. The third-order valence-corrected chi connectivity index (χ3v) is 6.93. The summed E-state index contributed by atoms with van der Waals surface area (Å²) in [4.78, 5) is 13.5. The summed E-state index contributed by atoms with van der Waals surface area (Å²) in [5, 5.41) is 4.80. The topological polar surface area (TPSA) is 66.5 Å². The summed E-state index contributed by atoms with van der Waals surface area (Å²) < 4.78 is 26.1. The van der Waals surface area contributed by atoms with Gasteiger partial charge in [-0.2, -0.15) is 0 Å². The molecule has 8 heteroatoms. The number of amides is 1. The standard InChI is InChI=1S/C15H17BrN2O3S2/c1-18(2)23(20,21)14-10-11(5-6-13(14)16)15(19)17-8-7-12-4-3-9-22-12/h3-6,9-10H,7-8H2,1-2H3,(H,17,19). The average molecular weight is 417 g/mol. The van der Waals surface area contributed by atoms with Crippen LogP contribution in [-0.4, -0.2) is 39.3 Å². The number of carbonyl (C=O) groups excluding carboxylic acids is 1. The second kappa shape index (κ2) is 7.57. The maximum atomic E-state index is 12.3. The molecule has 0 aliphatic carbocycles. The van der Waals surface area contributed by atoms with Crippen molar-refractivity contribution >= 4 is 43.2 Å². The van der Waals surface area contributed by atoms with Crippen LogP contribution < -0.4 is 5.32 Å². The Hall–Kier alpha value is -1.22. The van der Waals surface area contributed by atoms with Gasteiger partial charge in [-0.3, -0.25) is 4.79 Å². The van der Waals surface area contributed by atoms with E-state index >= 15 is 0 Å². The Labute approximate surface area is 148 Å². The number of benzene rings is 1. The van der Waals surface area contributed by atoms with E-state index in [0.717, 1.165) is 10.7 Å². The van der Waals surface area contributed by atoms with Crippen LogP contribution in [0.1, 0.15) is 15.2 Å². The van der Waals surface area contributed by atoms with Gasteiger partial charge in [-0.05, 0) is 52.0 Å². The molecule has 0 saturated heterocycles. The summed E-state index contributed by atoms with van der Waals surface area (Å²) in [6, 6.07) is 8.54. The maximum absolute atomic E-state index is 12.3. The molecule has 23 heavy (non-hydrogen) atoms. The highest BCUT2D eigenvalue weighted by molar-refractivity contribution is 9.10. The molecule has 1 heterocycles. The quantitative estimate of drug-likeness (QED) is 0.786. The number of hydrogen-bond donors (Lipinski definition) is 1. The number of hydrogen-bond acceptors (Lipinski definition) is 4. The van der Waals surface area contributed by atoms with Gasteiger partial charge in [-0.25, -0.2) is 12.7 Å². The Morgan fingerprint density at radius 2 is 2.04 bits per heavy atom. The summed E-state index contributed by atoms with van der Waals surface area (Å²) in [5.41, 5.74) is 0.319. The molecule has 1 aromatic heterocycles. The summed E-state index contributed by atoms with van der Waals surface area (Å²) in [5.74, 6) is -0.288. The van der Waals surface area contributed by atoms with E-state index in [-0.39, 0.29) is 10.8 Å². The van der Waals surface area contributed by atoms with Crippen LogP contribution >= 0.6 is 27.3 Å². The van der Waals surface area contributed by atoms with Crippen molar-refractivity contribution in [3.05, 3.63) is 50.6 Å². The monoisotopic (exact) mass is 416 g/mol. The van der Waals surface area contributed by atoms with Gasteiger partial charge in [-0.1, -0.05) is 6.07 Å². The van der Waals surface area contributed by atoms with Crippen LogP contribution in [0.15, 0.2) is 45.1 Å². The normalized spacial score (nSPS) is 11.7. The van der Waals surface area contributed by atoms with Gasteiger partial charge in [0.2, 0.25) is 10.0 Å². The number of nitrogens with zero attached hydrogens (tertiary/aromatic N) is 1. The van der Waals surface area contributed by atoms with Crippen molar-refractivity contribution in [1.29, 1.82) is 0 Å². The lowest BCUT2D eigenvalue weighted by Crippen LogP contribution is -2.27. The Morgan fingerprint density at radius 1 is 1.30 bits per heavy atom. The van der Waals surface area contributed by atoms with Crippen molar-refractivity contribution in [3.63, 3.8) is 0 Å². The zero-order chi connectivity index (χ0) is 17.0. The predicted octanol–water partition coefficient (Wildman–Crippen LogP) is 2.73. The van der Waals surface area contributed by atoms with E-state index in [1.54, 1.807) is 23.5 Å². The van der Waals surface area contributed by atoms with Gasteiger partial charge in [0, 0.05) is 35.6 Å². The lowest BCUT2D eigenvalue weighted by atomic mass is 10.2. The molecule has 0 unspecified atom stereocenters. The van der Waals surface area contributed by atoms with Crippen LogP contribution in [0.25, 0.3) is 0 Å². The van der Waals surface area contributed by atoms with Crippen molar-refractivity contribution in [1.82, 2.24) is 9.62 Å². The van der Waals surface area contributed by atoms with Crippen molar-refractivity contribution in [3.8, 4) is 0 Å². The van der Waals surface area contributed by atoms with Gasteiger partial charge in [-0.15, -0.1) is 11.3 Å². The summed E-state index contributed by atoms with van der Waals surface area (Å²) >= 11 is 4.87. The number of thiophene rings is 1.